The van der Waals surface area contributed by atoms with E-state index < -0.39 is 0 Å². The smallest absolute Gasteiger partial charge is 0.0417 e. The summed E-state index contributed by atoms with van der Waals surface area (Å²) in [7, 11) is 0. The van der Waals surface area contributed by atoms with Crippen molar-refractivity contribution in [2.75, 3.05) is 0 Å². The Bertz CT molecular complexity index is 217. The summed E-state index contributed by atoms with van der Waals surface area (Å²) in [6.07, 6.45) is 0. The number of nitrogens with two attached hydrogens (primary N) is 1. The molecule has 1 aromatic carbocycles. The van der Waals surface area contributed by atoms with Crippen LogP contribution in [0.1, 0.15) is 0 Å². The van der Waals surface area contributed by atoms with Gasteiger partial charge in [0.05, 0.1) is 0 Å². The number of halogens is 1. The molecule has 1 rings (SSSR count). The van der Waals surface area contributed by atoms with E-state index in [1.807, 2.05) is 24.3 Å². The maximum atomic E-state index is 5.70. The molecule has 4 heteroatoms. The van der Waals surface area contributed by atoms with Gasteiger partial charge in [0.2, 0.25) is 0 Å². The fraction of sp³-hybridized carbons (Fsp3) is 0. The summed E-state index contributed by atoms with van der Waals surface area (Å²) < 4.78 is 0. The normalized spacial score (nSPS) is 9.80. The third-order valence-electron chi connectivity index (χ3n) is 0.973. The van der Waals surface area contributed by atoms with Crippen LogP contribution in [-0.2, 0) is 0 Å². The predicted molar refractivity (Wildman–Crippen MR) is 44.6 cm³/mol. The molecule has 0 bridgehead atoms. The van der Waals surface area contributed by atoms with Crippen LogP contribution in [-0.4, -0.2) is 0 Å². The first-order chi connectivity index (χ1) is 4.83. The third kappa shape index (κ3) is 2.19. The molecule has 1 aromatic rings. The van der Waals surface area contributed by atoms with Crippen LogP contribution in [0.25, 0.3) is 0 Å². The Morgan fingerprint density at radius 2 is 2.30 bits per heavy atom. The summed E-state index contributed by atoms with van der Waals surface area (Å²) in [6, 6.07) is 7.46. The Balaban J connectivity index is 2.75. The highest BCUT2D eigenvalue weighted by atomic mass is 35.5. The van der Waals surface area contributed by atoms with E-state index in [9.17, 15) is 0 Å². The quantitative estimate of drug-likeness (QED) is 0.408. The average molecular weight is 175 g/mol. The molecule has 0 amide bonds. The maximum absolute atomic E-state index is 5.70. The number of rotatable bonds is 2. The van der Waals surface area contributed by atoms with Gasteiger partial charge in [0.15, 0.2) is 0 Å². The Hall–Kier alpha value is -0.220. The molecule has 3 N–H and O–H groups in total. The van der Waals surface area contributed by atoms with Gasteiger partial charge in [0, 0.05) is 9.92 Å². The van der Waals surface area contributed by atoms with E-state index in [0.717, 1.165) is 9.92 Å². The van der Waals surface area contributed by atoms with Crippen LogP contribution in [0.15, 0.2) is 29.2 Å². The van der Waals surface area contributed by atoms with E-state index in [0.29, 0.717) is 0 Å². The molecule has 0 aromatic heterocycles. The highest BCUT2D eigenvalue weighted by Crippen LogP contribution is 2.17. The summed E-state index contributed by atoms with van der Waals surface area (Å²) in [5, 5.41) is 0.722. The zero-order valence-corrected chi connectivity index (χ0v) is 6.75. The molecule has 0 unspecified atom stereocenters. The van der Waals surface area contributed by atoms with Crippen LogP contribution < -0.4 is 10.7 Å². The van der Waals surface area contributed by atoms with Gasteiger partial charge in [-0.3, -0.25) is 5.84 Å². The highest BCUT2D eigenvalue weighted by molar-refractivity contribution is 7.97. The molecule has 10 heavy (non-hydrogen) atoms. The molecule has 0 heterocycles. The van der Waals surface area contributed by atoms with E-state index in [1.54, 1.807) is 0 Å². The van der Waals surface area contributed by atoms with E-state index in [1.165, 1.54) is 11.9 Å². The Morgan fingerprint density at radius 3 is 2.90 bits per heavy atom. The second-order valence-corrected chi connectivity index (χ2v) is 3.02. The van der Waals surface area contributed by atoms with Crippen LogP contribution in [0.3, 0.4) is 0 Å². The molecular formula is C6H7ClN2S. The minimum atomic E-state index is 0.722. The molecular weight excluding hydrogens is 168 g/mol. The zero-order chi connectivity index (χ0) is 7.40. The molecule has 0 aliphatic carbocycles. The van der Waals surface area contributed by atoms with Crippen molar-refractivity contribution in [2.45, 2.75) is 4.90 Å². The van der Waals surface area contributed by atoms with Gasteiger partial charge >= 0.3 is 0 Å². The SMILES string of the molecule is NNSc1cccc(Cl)c1. The summed E-state index contributed by atoms with van der Waals surface area (Å²) >= 11 is 7.03. The van der Waals surface area contributed by atoms with E-state index >= 15 is 0 Å². The lowest BCUT2D eigenvalue weighted by Crippen LogP contribution is -2.10. The van der Waals surface area contributed by atoms with Gasteiger partial charge in [-0.25, -0.2) is 0 Å². The van der Waals surface area contributed by atoms with Crippen molar-refractivity contribution >= 4 is 23.5 Å². The van der Waals surface area contributed by atoms with Crippen LogP contribution in [0.5, 0.6) is 0 Å². The van der Waals surface area contributed by atoms with Crippen molar-refractivity contribution in [2.24, 2.45) is 5.84 Å². The van der Waals surface area contributed by atoms with Crippen LogP contribution in [0, 0.1) is 0 Å². The molecule has 0 radical (unpaired) electrons. The van der Waals surface area contributed by atoms with Gasteiger partial charge in [-0.2, -0.15) is 4.83 Å². The van der Waals surface area contributed by atoms with Gasteiger partial charge in [-0.05, 0) is 30.1 Å². The first-order valence-electron chi connectivity index (χ1n) is 2.71. The van der Waals surface area contributed by atoms with Crippen LogP contribution in [0.4, 0.5) is 0 Å². The van der Waals surface area contributed by atoms with Gasteiger partial charge in [-0.15, -0.1) is 0 Å². The van der Waals surface area contributed by atoms with Gasteiger partial charge in [-0.1, -0.05) is 17.7 Å². The Labute approximate surface area is 68.9 Å². The molecule has 0 aliphatic rings. The average Bonchev–Trinajstić information content (AvgIpc) is 1.88. The third-order valence-corrected chi connectivity index (χ3v) is 1.82. The second kappa shape index (κ2) is 3.83. The first kappa shape index (κ1) is 7.88. The van der Waals surface area contributed by atoms with Crippen molar-refractivity contribution in [3.8, 4) is 0 Å². The van der Waals surface area contributed by atoms with Gasteiger partial charge in [0.25, 0.3) is 0 Å². The van der Waals surface area contributed by atoms with Crippen molar-refractivity contribution in [3.05, 3.63) is 29.3 Å². The maximum Gasteiger partial charge on any atom is 0.0417 e. The summed E-state index contributed by atoms with van der Waals surface area (Å²) in [5.41, 5.74) is 0. The van der Waals surface area contributed by atoms with Gasteiger partial charge < -0.3 is 0 Å². The van der Waals surface area contributed by atoms with Crippen LogP contribution in [0.2, 0.25) is 5.02 Å². The Morgan fingerprint density at radius 1 is 1.50 bits per heavy atom. The fourth-order valence-corrected chi connectivity index (χ4v) is 1.32. The lowest BCUT2D eigenvalue weighted by molar-refractivity contribution is 1.11. The highest BCUT2D eigenvalue weighted by Gasteiger charge is 1.91. The molecule has 0 aliphatic heterocycles. The molecule has 0 fully saturated rings. The van der Waals surface area contributed by atoms with Crippen molar-refractivity contribution in [1.29, 1.82) is 0 Å². The number of hydrazine groups is 1. The second-order valence-electron chi connectivity index (χ2n) is 1.68. The van der Waals surface area contributed by atoms with Crippen LogP contribution >= 0.6 is 23.5 Å². The summed E-state index contributed by atoms with van der Waals surface area (Å²) in [5.74, 6) is 5.08. The molecule has 2 nitrogen and oxygen atoms in total. The van der Waals surface area contributed by atoms with E-state index in [2.05, 4.69) is 4.83 Å². The molecule has 0 saturated carbocycles. The predicted octanol–water partition coefficient (Wildman–Crippen LogP) is 1.81. The lowest BCUT2D eigenvalue weighted by atomic mass is 10.4. The largest absolute Gasteiger partial charge is 0.261 e. The number of benzene rings is 1. The van der Waals surface area contributed by atoms with E-state index in [-0.39, 0.29) is 0 Å². The number of hydrogen-bond donors (Lipinski definition) is 2. The molecule has 54 valence electrons. The fourth-order valence-electron chi connectivity index (χ4n) is 0.599. The van der Waals surface area contributed by atoms with Gasteiger partial charge in [0.1, 0.15) is 0 Å². The Kier molecular flexibility index (Phi) is 3.02. The van der Waals surface area contributed by atoms with Crippen molar-refractivity contribution in [3.63, 3.8) is 0 Å². The standard InChI is InChI=1S/C6H7ClN2S/c7-5-2-1-3-6(4-5)10-9-8/h1-4,9H,8H2. The van der Waals surface area contributed by atoms with E-state index in [4.69, 9.17) is 17.4 Å². The van der Waals surface area contributed by atoms with Crippen molar-refractivity contribution in [1.82, 2.24) is 4.83 Å². The van der Waals surface area contributed by atoms with Crippen molar-refractivity contribution < 1.29 is 0 Å². The monoisotopic (exact) mass is 174 g/mol. The first-order valence-corrected chi connectivity index (χ1v) is 3.90. The molecule has 0 spiro atoms. The molecule has 0 saturated heterocycles. The topological polar surface area (TPSA) is 38.0 Å². The zero-order valence-electron chi connectivity index (χ0n) is 5.17. The number of hydrogen-bond acceptors (Lipinski definition) is 3. The minimum absolute atomic E-state index is 0.722. The summed E-state index contributed by atoms with van der Waals surface area (Å²) in [4.78, 5) is 3.48. The minimum Gasteiger partial charge on any atom is -0.261 e. The lowest BCUT2D eigenvalue weighted by Gasteiger charge is -1.97. The summed E-state index contributed by atoms with van der Waals surface area (Å²) in [6.45, 7) is 0. The molecule has 0 atom stereocenters. The number of nitrogens with one attached hydrogen (secondary N) is 1.